The Morgan fingerprint density at radius 2 is 1.48 bits per heavy atom. The van der Waals surface area contributed by atoms with Gasteiger partial charge in [0.25, 0.3) is 0 Å². The maximum Gasteiger partial charge on any atom is 0.310 e. The van der Waals surface area contributed by atoms with Crippen molar-refractivity contribution in [3.8, 4) is 0 Å². The number of benzene rings is 2. The zero-order valence-corrected chi connectivity index (χ0v) is 19.1. The average Bonchev–Trinajstić information content (AvgIpc) is 2.75. The van der Waals surface area contributed by atoms with E-state index in [-0.39, 0.29) is 29.6 Å². The second kappa shape index (κ2) is 11.6. The summed E-state index contributed by atoms with van der Waals surface area (Å²) in [5, 5.41) is 2.83. The van der Waals surface area contributed by atoms with Crippen LogP contribution in [0.1, 0.15) is 38.3 Å². The zero-order valence-electron chi connectivity index (χ0n) is 18.3. The highest BCUT2D eigenvalue weighted by atomic mass is 32.2. The fourth-order valence-electron chi connectivity index (χ4n) is 3.11. The van der Waals surface area contributed by atoms with E-state index in [1.165, 1.54) is 4.31 Å². The molecule has 0 saturated heterocycles. The van der Waals surface area contributed by atoms with Crippen LogP contribution in [0.25, 0.3) is 0 Å². The van der Waals surface area contributed by atoms with Crippen molar-refractivity contribution >= 4 is 27.6 Å². The highest BCUT2D eigenvalue weighted by Gasteiger charge is 2.21. The lowest BCUT2D eigenvalue weighted by Gasteiger charge is -2.18. The summed E-state index contributed by atoms with van der Waals surface area (Å²) in [4.78, 5) is 24.0. The summed E-state index contributed by atoms with van der Waals surface area (Å²) in [7, 11) is -3.48. The molecule has 0 unspecified atom stereocenters. The molecular formula is C23H30N2O5S. The number of amides is 1. The predicted molar refractivity (Wildman–Crippen MR) is 120 cm³/mol. The Morgan fingerprint density at radius 3 is 2.03 bits per heavy atom. The Balaban J connectivity index is 1.88. The van der Waals surface area contributed by atoms with E-state index >= 15 is 0 Å². The number of carbonyl (C=O) groups is 2. The molecule has 0 spiro atoms. The number of hydrogen-bond donors (Lipinski definition) is 1. The molecule has 1 N–H and O–H groups in total. The number of nitrogens with one attached hydrogen (secondary N) is 1. The number of carbonyl (C=O) groups excluding carboxylic acids is 2. The number of ether oxygens (including phenoxy) is 1. The van der Waals surface area contributed by atoms with Crippen molar-refractivity contribution in [3.63, 3.8) is 0 Å². The van der Waals surface area contributed by atoms with Crippen LogP contribution in [0.3, 0.4) is 0 Å². The summed E-state index contributed by atoms with van der Waals surface area (Å²) in [6.07, 6.45) is 0.965. The van der Waals surface area contributed by atoms with Crippen molar-refractivity contribution < 1.29 is 22.7 Å². The van der Waals surface area contributed by atoms with Gasteiger partial charge in [0.2, 0.25) is 15.9 Å². The molecule has 0 fully saturated rings. The Bertz CT molecular complexity index is 966. The highest BCUT2D eigenvalue weighted by molar-refractivity contribution is 7.89. The Morgan fingerprint density at radius 1 is 0.903 bits per heavy atom. The summed E-state index contributed by atoms with van der Waals surface area (Å²) < 4.78 is 31.4. The SMILES string of the molecule is CCOC(=O)Cc1ccc(NC(=O)CCc2ccc(S(=O)(=O)N(CC)CC)cc2)cc1. The van der Waals surface area contributed by atoms with E-state index < -0.39 is 10.0 Å². The lowest BCUT2D eigenvalue weighted by atomic mass is 10.1. The number of hydrogen-bond acceptors (Lipinski definition) is 5. The van der Waals surface area contributed by atoms with Crippen LogP contribution in [-0.2, 0) is 37.2 Å². The quantitative estimate of drug-likeness (QED) is 0.534. The lowest BCUT2D eigenvalue weighted by molar-refractivity contribution is -0.142. The van der Waals surface area contributed by atoms with Gasteiger partial charge in [-0.15, -0.1) is 0 Å². The fourth-order valence-corrected chi connectivity index (χ4v) is 4.56. The molecule has 0 atom stereocenters. The molecule has 0 aliphatic heterocycles. The van der Waals surface area contributed by atoms with Crippen LogP contribution >= 0.6 is 0 Å². The second-order valence-electron chi connectivity index (χ2n) is 6.96. The molecule has 0 aliphatic rings. The van der Waals surface area contributed by atoms with Crippen molar-refractivity contribution in [2.24, 2.45) is 0 Å². The summed E-state index contributed by atoms with van der Waals surface area (Å²) in [5.74, 6) is -0.423. The summed E-state index contributed by atoms with van der Waals surface area (Å²) in [5.41, 5.74) is 2.35. The fraction of sp³-hybridized carbons (Fsp3) is 0.391. The zero-order chi connectivity index (χ0) is 22.9. The van der Waals surface area contributed by atoms with Crippen molar-refractivity contribution in [1.82, 2.24) is 4.31 Å². The minimum atomic E-state index is -3.48. The molecule has 1 amide bonds. The van der Waals surface area contributed by atoms with Gasteiger partial charge >= 0.3 is 5.97 Å². The molecule has 0 aliphatic carbocycles. The number of esters is 1. The third-order valence-corrected chi connectivity index (χ3v) is 6.86. The van der Waals surface area contributed by atoms with Crippen LogP contribution in [0.4, 0.5) is 5.69 Å². The first-order valence-electron chi connectivity index (χ1n) is 10.4. The van der Waals surface area contributed by atoms with Crippen LogP contribution in [0.5, 0.6) is 0 Å². The molecule has 8 heteroatoms. The molecule has 0 radical (unpaired) electrons. The first kappa shape index (κ1) is 24.6. The lowest BCUT2D eigenvalue weighted by Crippen LogP contribution is -2.30. The molecule has 0 heterocycles. The normalized spacial score (nSPS) is 11.4. The van der Waals surface area contributed by atoms with Crippen molar-refractivity contribution in [2.45, 2.75) is 44.9 Å². The van der Waals surface area contributed by atoms with Gasteiger partial charge in [0, 0.05) is 25.2 Å². The summed E-state index contributed by atoms with van der Waals surface area (Å²) in [6, 6.07) is 13.7. The van der Waals surface area contributed by atoms with Gasteiger partial charge in [0.05, 0.1) is 17.9 Å². The number of rotatable bonds is 11. The number of sulfonamides is 1. The van der Waals surface area contributed by atoms with Crippen molar-refractivity contribution in [3.05, 3.63) is 59.7 Å². The Labute approximate surface area is 184 Å². The van der Waals surface area contributed by atoms with Gasteiger partial charge in [0.15, 0.2) is 0 Å². The first-order valence-corrected chi connectivity index (χ1v) is 11.9. The van der Waals surface area contributed by atoms with Crippen molar-refractivity contribution in [2.75, 3.05) is 25.0 Å². The minimum Gasteiger partial charge on any atom is -0.466 e. The third-order valence-electron chi connectivity index (χ3n) is 4.80. The smallest absolute Gasteiger partial charge is 0.310 e. The molecule has 168 valence electrons. The summed E-state index contributed by atoms with van der Waals surface area (Å²) >= 11 is 0. The maximum absolute atomic E-state index is 12.5. The van der Waals surface area contributed by atoms with Gasteiger partial charge in [0.1, 0.15) is 0 Å². The van der Waals surface area contributed by atoms with Crippen LogP contribution < -0.4 is 5.32 Å². The van der Waals surface area contributed by atoms with E-state index in [0.29, 0.717) is 31.8 Å². The largest absolute Gasteiger partial charge is 0.466 e. The molecule has 31 heavy (non-hydrogen) atoms. The molecule has 2 aromatic carbocycles. The van der Waals surface area contributed by atoms with Gasteiger partial charge in [-0.3, -0.25) is 9.59 Å². The number of aryl methyl sites for hydroxylation is 1. The summed E-state index contributed by atoms with van der Waals surface area (Å²) in [6.45, 7) is 6.57. The van der Waals surface area contributed by atoms with Gasteiger partial charge < -0.3 is 10.1 Å². The molecule has 0 bridgehead atoms. The van der Waals surface area contributed by atoms with Crippen molar-refractivity contribution in [1.29, 1.82) is 0 Å². The standard InChI is InChI=1S/C23H30N2O5S/c1-4-25(5-2)31(28,29)21-14-9-18(10-15-21)11-16-22(26)24-20-12-7-19(8-13-20)17-23(27)30-6-3/h7-10,12-15H,4-6,11,16-17H2,1-3H3,(H,24,26). The van der Waals surface area contributed by atoms with E-state index in [9.17, 15) is 18.0 Å². The minimum absolute atomic E-state index is 0.141. The maximum atomic E-state index is 12.5. The van der Waals surface area contributed by atoms with Gasteiger partial charge in [-0.05, 0) is 48.7 Å². The van der Waals surface area contributed by atoms with Gasteiger partial charge in [-0.1, -0.05) is 38.1 Å². The molecule has 2 rings (SSSR count). The molecular weight excluding hydrogens is 416 g/mol. The predicted octanol–water partition coefficient (Wildman–Crippen LogP) is 3.39. The highest BCUT2D eigenvalue weighted by Crippen LogP contribution is 2.17. The van der Waals surface area contributed by atoms with Crippen LogP contribution in [0.15, 0.2) is 53.4 Å². The average molecular weight is 447 g/mol. The number of anilines is 1. The van der Waals surface area contributed by atoms with Gasteiger partial charge in [-0.2, -0.15) is 4.31 Å². The van der Waals surface area contributed by atoms with Crippen LogP contribution in [0, 0.1) is 0 Å². The molecule has 0 saturated carbocycles. The molecule has 0 aromatic heterocycles. The number of nitrogens with zero attached hydrogens (tertiary/aromatic N) is 1. The van der Waals surface area contributed by atoms with Crippen LogP contribution in [0.2, 0.25) is 0 Å². The molecule has 7 nitrogen and oxygen atoms in total. The van der Waals surface area contributed by atoms with Gasteiger partial charge in [-0.25, -0.2) is 8.42 Å². The first-order chi connectivity index (χ1) is 14.8. The monoisotopic (exact) mass is 446 g/mol. The Hall–Kier alpha value is -2.71. The topological polar surface area (TPSA) is 92.8 Å². The van der Waals surface area contributed by atoms with Crippen LogP contribution in [-0.4, -0.2) is 44.3 Å². The Kier molecular flexibility index (Phi) is 9.21. The van der Waals surface area contributed by atoms with E-state index in [1.54, 1.807) is 55.5 Å². The third kappa shape index (κ3) is 7.18. The van der Waals surface area contributed by atoms with E-state index in [0.717, 1.165) is 11.1 Å². The second-order valence-corrected chi connectivity index (χ2v) is 8.90. The molecule has 2 aromatic rings. The van der Waals surface area contributed by atoms with E-state index in [1.807, 2.05) is 13.8 Å². The van der Waals surface area contributed by atoms with E-state index in [2.05, 4.69) is 5.32 Å². The van der Waals surface area contributed by atoms with E-state index in [4.69, 9.17) is 4.74 Å².